The largest absolute Gasteiger partial charge is 0.462 e. The van der Waals surface area contributed by atoms with Crippen LogP contribution in [0.2, 0.25) is 0 Å². The van der Waals surface area contributed by atoms with Crippen LogP contribution < -0.4 is 0 Å². The van der Waals surface area contributed by atoms with Crippen molar-refractivity contribution in [3.05, 3.63) is 0 Å². The lowest BCUT2D eigenvalue weighted by Crippen LogP contribution is -2.14. The summed E-state index contributed by atoms with van der Waals surface area (Å²) in [6, 6.07) is 0. The van der Waals surface area contributed by atoms with Gasteiger partial charge in [0.05, 0.1) is 6.10 Å². The van der Waals surface area contributed by atoms with Crippen LogP contribution in [0.1, 0.15) is 26.2 Å². The Morgan fingerprint density at radius 1 is 1.36 bits per heavy atom. The molecule has 1 rings (SSSR count). The highest BCUT2D eigenvalue weighted by molar-refractivity contribution is 5.66. The van der Waals surface area contributed by atoms with E-state index < -0.39 is 0 Å². The minimum atomic E-state index is -0.188. The van der Waals surface area contributed by atoms with Crippen molar-refractivity contribution >= 4 is 5.97 Å². The Kier molecular flexibility index (Phi) is 2.88. The molecule has 0 aromatic rings. The van der Waals surface area contributed by atoms with Gasteiger partial charge in [-0.2, -0.15) is 0 Å². The number of carbonyl (C=O) groups excluding carboxylic acids is 1. The molecule has 0 heterocycles. The average molecular weight is 158 g/mol. The summed E-state index contributed by atoms with van der Waals surface area (Å²) in [7, 11) is 1.70. The van der Waals surface area contributed by atoms with Crippen LogP contribution in [0.25, 0.3) is 0 Å². The number of rotatable bonds is 2. The second kappa shape index (κ2) is 3.72. The smallest absolute Gasteiger partial charge is 0.302 e. The van der Waals surface area contributed by atoms with Crippen LogP contribution in [0.4, 0.5) is 0 Å². The van der Waals surface area contributed by atoms with E-state index in [0.717, 1.165) is 19.3 Å². The van der Waals surface area contributed by atoms with Gasteiger partial charge in [0.15, 0.2) is 0 Å². The van der Waals surface area contributed by atoms with Crippen LogP contribution in [0.5, 0.6) is 0 Å². The maximum absolute atomic E-state index is 10.5. The van der Waals surface area contributed by atoms with E-state index in [-0.39, 0.29) is 12.1 Å². The summed E-state index contributed by atoms with van der Waals surface area (Å²) in [5.74, 6) is -0.188. The summed E-state index contributed by atoms with van der Waals surface area (Å²) < 4.78 is 10.2. The van der Waals surface area contributed by atoms with Gasteiger partial charge >= 0.3 is 5.97 Å². The molecule has 2 unspecified atom stereocenters. The number of hydrogen-bond acceptors (Lipinski definition) is 3. The molecule has 0 N–H and O–H groups in total. The van der Waals surface area contributed by atoms with Gasteiger partial charge in [0.1, 0.15) is 6.10 Å². The molecule has 64 valence electrons. The Hall–Kier alpha value is -0.570. The fourth-order valence-corrected chi connectivity index (χ4v) is 1.46. The molecule has 1 saturated carbocycles. The molecule has 1 fully saturated rings. The van der Waals surface area contributed by atoms with Crippen LogP contribution in [0.15, 0.2) is 0 Å². The van der Waals surface area contributed by atoms with E-state index in [4.69, 9.17) is 9.47 Å². The van der Waals surface area contributed by atoms with Gasteiger partial charge in [-0.25, -0.2) is 0 Å². The Morgan fingerprint density at radius 3 is 2.45 bits per heavy atom. The van der Waals surface area contributed by atoms with Gasteiger partial charge < -0.3 is 9.47 Å². The van der Waals surface area contributed by atoms with Crippen LogP contribution >= 0.6 is 0 Å². The molecule has 3 nitrogen and oxygen atoms in total. The van der Waals surface area contributed by atoms with Crippen molar-refractivity contribution in [1.29, 1.82) is 0 Å². The van der Waals surface area contributed by atoms with Crippen molar-refractivity contribution in [2.45, 2.75) is 38.4 Å². The van der Waals surface area contributed by atoms with E-state index in [2.05, 4.69) is 0 Å². The summed E-state index contributed by atoms with van der Waals surface area (Å²) in [6.45, 7) is 1.44. The molecule has 0 spiro atoms. The van der Waals surface area contributed by atoms with Gasteiger partial charge in [-0.15, -0.1) is 0 Å². The van der Waals surface area contributed by atoms with Crippen molar-refractivity contribution in [2.24, 2.45) is 0 Å². The molecule has 2 atom stereocenters. The SMILES string of the molecule is COC1CCC(OC(C)=O)C1. The zero-order valence-corrected chi connectivity index (χ0v) is 7.00. The minimum Gasteiger partial charge on any atom is -0.462 e. The maximum atomic E-state index is 10.5. The number of hydrogen-bond donors (Lipinski definition) is 0. The van der Waals surface area contributed by atoms with Gasteiger partial charge in [-0.05, 0) is 12.8 Å². The van der Waals surface area contributed by atoms with Crippen molar-refractivity contribution < 1.29 is 14.3 Å². The first-order valence-corrected chi connectivity index (χ1v) is 3.92. The quantitative estimate of drug-likeness (QED) is 0.565. The minimum absolute atomic E-state index is 0.0949. The lowest BCUT2D eigenvalue weighted by atomic mass is 10.3. The van der Waals surface area contributed by atoms with E-state index in [1.54, 1.807) is 7.11 Å². The standard InChI is InChI=1S/C8H14O3/c1-6(9)11-8-4-3-7(5-8)10-2/h7-8H,3-5H2,1-2H3. The second-order valence-electron chi connectivity index (χ2n) is 2.90. The first kappa shape index (κ1) is 8.53. The Bertz CT molecular complexity index is 144. The van der Waals surface area contributed by atoms with Crippen LogP contribution in [0.3, 0.4) is 0 Å². The van der Waals surface area contributed by atoms with E-state index >= 15 is 0 Å². The third-order valence-electron chi connectivity index (χ3n) is 2.00. The number of ether oxygens (including phenoxy) is 2. The summed E-state index contributed by atoms with van der Waals surface area (Å²) >= 11 is 0. The first-order chi connectivity index (χ1) is 5.22. The molecular weight excluding hydrogens is 144 g/mol. The topological polar surface area (TPSA) is 35.5 Å². The number of carbonyl (C=O) groups is 1. The molecule has 1 aliphatic rings. The van der Waals surface area contributed by atoms with Crippen molar-refractivity contribution in [2.75, 3.05) is 7.11 Å². The lowest BCUT2D eigenvalue weighted by molar-refractivity contribution is -0.146. The molecule has 0 radical (unpaired) electrons. The molecule has 3 heteroatoms. The molecule has 0 bridgehead atoms. The summed E-state index contributed by atoms with van der Waals surface area (Å²) in [5, 5.41) is 0. The fourth-order valence-electron chi connectivity index (χ4n) is 1.46. The molecule has 0 saturated heterocycles. The van der Waals surface area contributed by atoms with Gasteiger partial charge in [0.25, 0.3) is 0 Å². The molecule has 1 aliphatic carbocycles. The van der Waals surface area contributed by atoms with Gasteiger partial charge in [-0.1, -0.05) is 0 Å². The summed E-state index contributed by atoms with van der Waals surface area (Å²) in [4.78, 5) is 10.5. The highest BCUT2D eigenvalue weighted by Gasteiger charge is 2.26. The van der Waals surface area contributed by atoms with E-state index in [0.29, 0.717) is 6.10 Å². The van der Waals surface area contributed by atoms with Crippen LogP contribution in [-0.4, -0.2) is 25.3 Å². The first-order valence-electron chi connectivity index (χ1n) is 3.92. The number of methoxy groups -OCH3 is 1. The normalized spacial score (nSPS) is 30.4. The van der Waals surface area contributed by atoms with E-state index in [1.165, 1.54) is 6.92 Å². The van der Waals surface area contributed by atoms with Gasteiger partial charge in [0, 0.05) is 20.5 Å². The van der Waals surface area contributed by atoms with Crippen molar-refractivity contribution in [3.63, 3.8) is 0 Å². The Labute approximate surface area is 66.7 Å². The lowest BCUT2D eigenvalue weighted by Gasteiger charge is -2.09. The third-order valence-corrected chi connectivity index (χ3v) is 2.00. The van der Waals surface area contributed by atoms with Crippen molar-refractivity contribution in [1.82, 2.24) is 0 Å². The van der Waals surface area contributed by atoms with Crippen LogP contribution in [-0.2, 0) is 14.3 Å². The molecule has 11 heavy (non-hydrogen) atoms. The van der Waals surface area contributed by atoms with Crippen molar-refractivity contribution in [3.8, 4) is 0 Å². The van der Waals surface area contributed by atoms with E-state index in [9.17, 15) is 4.79 Å². The zero-order valence-electron chi connectivity index (χ0n) is 7.00. The highest BCUT2D eigenvalue weighted by atomic mass is 16.5. The predicted molar refractivity (Wildman–Crippen MR) is 40.2 cm³/mol. The Morgan fingerprint density at radius 2 is 2.00 bits per heavy atom. The van der Waals surface area contributed by atoms with E-state index in [1.807, 2.05) is 0 Å². The molecule has 0 aromatic carbocycles. The summed E-state index contributed by atoms with van der Waals surface area (Å²) in [5.41, 5.74) is 0. The fraction of sp³-hybridized carbons (Fsp3) is 0.875. The molecule has 0 aromatic heterocycles. The molecule has 0 amide bonds. The van der Waals surface area contributed by atoms with Gasteiger partial charge in [-0.3, -0.25) is 4.79 Å². The van der Waals surface area contributed by atoms with Gasteiger partial charge in [0.2, 0.25) is 0 Å². The molecule has 0 aliphatic heterocycles. The zero-order chi connectivity index (χ0) is 8.27. The molecular formula is C8H14O3. The highest BCUT2D eigenvalue weighted by Crippen LogP contribution is 2.23. The number of esters is 1. The maximum Gasteiger partial charge on any atom is 0.302 e. The Balaban J connectivity index is 2.24. The second-order valence-corrected chi connectivity index (χ2v) is 2.90. The average Bonchev–Trinajstić information content (AvgIpc) is 2.34. The third kappa shape index (κ3) is 2.50. The monoisotopic (exact) mass is 158 g/mol. The predicted octanol–water partition coefficient (Wildman–Crippen LogP) is 1.12. The summed E-state index contributed by atoms with van der Waals surface area (Å²) in [6.07, 6.45) is 3.19. The van der Waals surface area contributed by atoms with Crippen LogP contribution in [0, 0.1) is 0 Å².